The van der Waals surface area contributed by atoms with E-state index in [-0.39, 0.29) is 11.7 Å². The van der Waals surface area contributed by atoms with Crippen molar-refractivity contribution in [2.24, 2.45) is 0 Å². The first-order chi connectivity index (χ1) is 13.2. The molecule has 3 aromatic rings. The van der Waals surface area contributed by atoms with E-state index in [0.29, 0.717) is 30.0 Å². The van der Waals surface area contributed by atoms with Gasteiger partial charge in [0.25, 0.3) is 0 Å². The third kappa shape index (κ3) is 5.34. The normalized spacial score (nSPS) is 10.7. The van der Waals surface area contributed by atoms with Crippen molar-refractivity contribution in [2.45, 2.75) is 11.7 Å². The van der Waals surface area contributed by atoms with Crippen molar-refractivity contribution >= 4 is 39.4 Å². The quantitative estimate of drug-likeness (QED) is 0.529. The van der Waals surface area contributed by atoms with Crippen LogP contribution in [-0.4, -0.2) is 50.1 Å². The molecule has 0 atom stereocenters. The minimum Gasteiger partial charge on any atom is -0.383 e. The van der Waals surface area contributed by atoms with E-state index in [9.17, 15) is 4.79 Å². The van der Waals surface area contributed by atoms with E-state index in [2.05, 4.69) is 41.4 Å². The van der Waals surface area contributed by atoms with Crippen LogP contribution in [0.2, 0.25) is 0 Å². The molecule has 0 aliphatic rings. The van der Waals surface area contributed by atoms with Crippen LogP contribution >= 0.6 is 27.7 Å². The van der Waals surface area contributed by atoms with Gasteiger partial charge in [0.1, 0.15) is 5.82 Å². The van der Waals surface area contributed by atoms with Gasteiger partial charge >= 0.3 is 0 Å². The third-order valence-electron chi connectivity index (χ3n) is 3.50. The van der Waals surface area contributed by atoms with Crippen molar-refractivity contribution in [2.75, 3.05) is 24.8 Å². The summed E-state index contributed by atoms with van der Waals surface area (Å²) in [5, 5.41) is 11.9. The molecule has 3 heterocycles. The Balaban J connectivity index is 1.69. The maximum Gasteiger partial charge on any atom is 0.236 e. The number of thioether (sulfide) groups is 1. The fourth-order valence-electron chi connectivity index (χ4n) is 2.25. The summed E-state index contributed by atoms with van der Waals surface area (Å²) in [5.74, 6) is 1.25. The summed E-state index contributed by atoms with van der Waals surface area (Å²) >= 11 is 4.62. The van der Waals surface area contributed by atoms with Crippen LogP contribution in [0.4, 0.5) is 5.82 Å². The number of hydrogen-bond donors (Lipinski definition) is 1. The standard InChI is InChI=1S/C17H17BrN6O2S/c1-26-9-8-24-16(12-4-6-19-7-5-12)22-23-17(24)27-11-15(25)21-14-3-2-13(18)10-20-14/h2-7,10H,8-9,11H2,1H3,(H,20,21,25). The molecule has 0 saturated carbocycles. The van der Waals surface area contributed by atoms with Gasteiger partial charge in [0.05, 0.1) is 18.9 Å². The van der Waals surface area contributed by atoms with Crippen molar-refractivity contribution in [3.8, 4) is 11.4 Å². The summed E-state index contributed by atoms with van der Waals surface area (Å²) in [7, 11) is 1.64. The third-order valence-corrected chi connectivity index (χ3v) is 4.94. The Kier molecular flexibility index (Phi) is 6.91. The number of carbonyl (C=O) groups excluding carboxylic acids is 1. The van der Waals surface area contributed by atoms with E-state index in [1.54, 1.807) is 31.8 Å². The lowest BCUT2D eigenvalue weighted by Gasteiger charge is -2.09. The predicted molar refractivity (Wildman–Crippen MR) is 106 cm³/mol. The van der Waals surface area contributed by atoms with Gasteiger partial charge in [0, 0.05) is 35.7 Å². The highest BCUT2D eigenvalue weighted by Crippen LogP contribution is 2.23. The summed E-state index contributed by atoms with van der Waals surface area (Å²) in [6.45, 7) is 1.10. The largest absolute Gasteiger partial charge is 0.383 e. The molecule has 1 amide bonds. The SMILES string of the molecule is COCCn1c(SCC(=O)Nc2ccc(Br)cn2)nnc1-c1ccncc1. The van der Waals surface area contributed by atoms with Crippen LogP contribution < -0.4 is 5.32 Å². The topological polar surface area (TPSA) is 94.8 Å². The summed E-state index contributed by atoms with van der Waals surface area (Å²) in [6, 6.07) is 7.29. The van der Waals surface area contributed by atoms with Gasteiger partial charge in [-0.1, -0.05) is 11.8 Å². The second-order valence-electron chi connectivity index (χ2n) is 5.39. The maximum atomic E-state index is 12.2. The number of anilines is 1. The van der Waals surface area contributed by atoms with E-state index >= 15 is 0 Å². The molecule has 8 nitrogen and oxygen atoms in total. The van der Waals surface area contributed by atoms with E-state index in [1.807, 2.05) is 22.8 Å². The van der Waals surface area contributed by atoms with Crippen LogP contribution in [0.5, 0.6) is 0 Å². The van der Waals surface area contributed by atoms with Crippen LogP contribution in [0, 0.1) is 0 Å². The number of nitrogens with one attached hydrogen (secondary N) is 1. The van der Waals surface area contributed by atoms with Gasteiger partial charge in [-0.2, -0.15) is 0 Å². The van der Waals surface area contributed by atoms with Crippen LogP contribution in [0.25, 0.3) is 11.4 Å². The number of pyridine rings is 2. The molecular formula is C17H17BrN6O2S. The van der Waals surface area contributed by atoms with Gasteiger partial charge < -0.3 is 10.1 Å². The van der Waals surface area contributed by atoms with Crippen molar-refractivity contribution in [1.29, 1.82) is 0 Å². The van der Waals surface area contributed by atoms with Gasteiger partial charge in [-0.25, -0.2) is 4.98 Å². The van der Waals surface area contributed by atoms with Crippen molar-refractivity contribution in [1.82, 2.24) is 24.7 Å². The van der Waals surface area contributed by atoms with Crippen molar-refractivity contribution in [3.05, 3.63) is 47.3 Å². The highest BCUT2D eigenvalue weighted by atomic mass is 79.9. The van der Waals surface area contributed by atoms with Gasteiger partial charge in [-0.3, -0.25) is 14.3 Å². The van der Waals surface area contributed by atoms with Gasteiger partial charge in [-0.15, -0.1) is 10.2 Å². The van der Waals surface area contributed by atoms with E-state index in [1.165, 1.54) is 11.8 Å². The first kappa shape index (κ1) is 19.5. The molecule has 27 heavy (non-hydrogen) atoms. The van der Waals surface area contributed by atoms with Gasteiger partial charge in [-0.05, 0) is 40.2 Å². The summed E-state index contributed by atoms with van der Waals surface area (Å²) < 4.78 is 7.98. The Morgan fingerprint density at radius 1 is 1.26 bits per heavy atom. The Morgan fingerprint density at radius 2 is 2.07 bits per heavy atom. The van der Waals surface area contributed by atoms with Crippen molar-refractivity contribution < 1.29 is 9.53 Å². The average Bonchev–Trinajstić information content (AvgIpc) is 3.10. The molecular weight excluding hydrogens is 432 g/mol. The number of carbonyl (C=O) groups is 1. The lowest BCUT2D eigenvalue weighted by molar-refractivity contribution is -0.113. The molecule has 0 aromatic carbocycles. The van der Waals surface area contributed by atoms with Crippen LogP contribution in [-0.2, 0) is 16.1 Å². The first-order valence-corrected chi connectivity index (χ1v) is 9.82. The average molecular weight is 449 g/mol. The summed E-state index contributed by atoms with van der Waals surface area (Å²) in [5.41, 5.74) is 0.906. The number of halogens is 1. The number of methoxy groups -OCH3 is 1. The molecule has 3 aromatic heterocycles. The fraction of sp³-hybridized carbons (Fsp3) is 0.235. The number of nitrogens with zero attached hydrogens (tertiary/aromatic N) is 5. The smallest absolute Gasteiger partial charge is 0.236 e. The Hall–Kier alpha value is -2.30. The number of aromatic nitrogens is 5. The lowest BCUT2D eigenvalue weighted by Crippen LogP contribution is -2.16. The minimum absolute atomic E-state index is 0.165. The zero-order valence-corrected chi connectivity index (χ0v) is 16.9. The maximum absolute atomic E-state index is 12.2. The Morgan fingerprint density at radius 3 is 2.78 bits per heavy atom. The fourth-order valence-corrected chi connectivity index (χ4v) is 3.25. The lowest BCUT2D eigenvalue weighted by atomic mass is 10.2. The van der Waals surface area contributed by atoms with Crippen LogP contribution in [0.3, 0.4) is 0 Å². The highest BCUT2D eigenvalue weighted by Gasteiger charge is 2.15. The van der Waals surface area contributed by atoms with E-state index in [0.717, 1.165) is 10.0 Å². The number of rotatable bonds is 8. The molecule has 0 aliphatic heterocycles. The molecule has 0 spiro atoms. The summed E-state index contributed by atoms with van der Waals surface area (Å²) in [6.07, 6.45) is 5.04. The second kappa shape index (κ2) is 9.58. The molecule has 10 heteroatoms. The van der Waals surface area contributed by atoms with Gasteiger partial charge in [0.2, 0.25) is 5.91 Å². The van der Waals surface area contributed by atoms with Crippen LogP contribution in [0.1, 0.15) is 0 Å². The van der Waals surface area contributed by atoms with E-state index in [4.69, 9.17) is 4.74 Å². The number of ether oxygens (including phenoxy) is 1. The Bertz CT molecular complexity index is 888. The van der Waals surface area contributed by atoms with Crippen LogP contribution in [0.15, 0.2) is 52.5 Å². The monoisotopic (exact) mass is 448 g/mol. The molecule has 0 bridgehead atoms. The van der Waals surface area contributed by atoms with Gasteiger partial charge in [0.15, 0.2) is 11.0 Å². The Labute approximate surface area is 168 Å². The molecule has 0 aliphatic carbocycles. The molecule has 140 valence electrons. The first-order valence-electron chi connectivity index (χ1n) is 8.04. The van der Waals surface area contributed by atoms with Crippen molar-refractivity contribution in [3.63, 3.8) is 0 Å². The molecule has 0 fully saturated rings. The molecule has 1 N–H and O–H groups in total. The number of hydrogen-bond acceptors (Lipinski definition) is 7. The zero-order chi connectivity index (χ0) is 19.1. The molecule has 0 saturated heterocycles. The predicted octanol–water partition coefficient (Wildman–Crippen LogP) is 2.87. The molecule has 3 rings (SSSR count). The summed E-state index contributed by atoms with van der Waals surface area (Å²) in [4.78, 5) is 20.4. The number of amides is 1. The highest BCUT2D eigenvalue weighted by molar-refractivity contribution is 9.10. The van der Waals surface area contributed by atoms with E-state index < -0.39 is 0 Å². The zero-order valence-electron chi connectivity index (χ0n) is 14.5. The minimum atomic E-state index is -0.165. The molecule has 0 radical (unpaired) electrons. The second-order valence-corrected chi connectivity index (χ2v) is 7.24. The molecule has 0 unspecified atom stereocenters.